The first-order valence-electron chi connectivity index (χ1n) is 11.8. The summed E-state index contributed by atoms with van der Waals surface area (Å²) in [4.78, 5) is 12.9. The van der Waals surface area contributed by atoms with Crippen molar-refractivity contribution in [3.8, 4) is 11.5 Å². The van der Waals surface area contributed by atoms with E-state index in [4.69, 9.17) is 13.9 Å². The fourth-order valence-corrected chi connectivity index (χ4v) is 3.92. The predicted molar refractivity (Wildman–Crippen MR) is 135 cm³/mol. The smallest absolute Gasteiger partial charge is 0.291 e. The first-order chi connectivity index (χ1) is 17.0. The normalized spacial score (nSPS) is 10.9. The second-order valence-corrected chi connectivity index (χ2v) is 8.46. The second kappa shape index (κ2) is 11.0. The van der Waals surface area contributed by atoms with E-state index in [0.717, 1.165) is 41.3 Å². The van der Waals surface area contributed by atoms with E-state index >= 15 is 0 Å². The zero-order valence-electron chi connectivity index (χ0n) is 20.6. The molecule has 2 aromatic heterocycles. The van der Waals surface area contributed by atoms with Gasteiger partial charge in [0.25, 0.3) is 5.91 Å². The van der Waals surface area contributed by atoms with Crippen molar-refractivity contribution in [3.05, 3.63) is 94.7 Å². The number of methoxy groups -OCH3 is 1. The number of furan rings is 1. The third-order valence-corrected chi connectivity index (χ3v) is 5.82. The Balaban J connectivity index is 1.38. The fourth-order valence-electron chi connectivity index (χ4n) is 3.92. The number of carbonyl (C=O) groups is 1. The molecule has 35 heavy (non-hydrogen) atoms. The Hall–Kier alpha value is -4.00. The van der Waals surface area contributed by atoms with Crippen LogP contribution < -0.4 is 14.8 Å². The summed E-state index contributed by atoms with van der Waals surface area (Å²) in [7, 11) is 1.65. The van der Waals surface area contributed by atoms with Gasteiger partial charge in [0.05, 0.1) is 30.7 Å². The molecule has 0 saturated carbocycles. The van der Waals surface area contributed by atoms with Crippen LogP contribution in [0, 0.1) is 13.8 Å². The van der Waals surface area contributed by atoms with Gasteiger partial charge in [0.2, 0.25) is 0 Å². The van der Waals surface area contributed by atoms with Gasteiger partial charge in [-0.2, -0.15) is 5.10 Å². The number of hydrogen-bond acceptors (Lipinski definition) is 5. The molecule has 0 saturated heterocycles. The van der Waals surface area contributed by atoms with Crippen molar-refractivity contribution < 1.29 is 18.7 Å². The number of benzene rings is 2. The van der Waals surface area contributed by atoms with Crippen LogP contribution in [-0.2, 0) is 19.6 Å². The number of nitrogens with one attached hydrogen (secondary N) is 1. The Morgan fingerprint density at radius 3 is 2.57 bits per heavy atom. The van der Waals surface area contributed by atoms with Gasteiger partial charge in [0, 0.05) is 0 Å². The molecule has 1 N–H and O–H groups in total. The van der Waals surface area contributed by atoms with E-state index < -0.39 is 0 Å². The van der Waals surface area contributed by atoms with Crippen molar-refractivity contribution in [1.29, 1.82) is 0 Å². The van der Waals surface area contributed by atoms with Crippen LogP contribution in [0.1, 0.15) is 52.2 Å². The summed E-state index contributed by atoms with van der Waals surface area (Å²) in [6.45, 7) is 6.78. The van der Waals surface area contributed by atoms with Crippen LogP contribution in [0.25, 0.3) is 0 Å². The van der Waals surface area contributed by atoms with Gasteiger partial charge in [-0.3, -0.25) is 9.48 Å². The number of nitrogens with zero attached hydrogens (tertiary/aromatic N) is 2. The van der Waals surface area contributed by atoms with Crippen molar-refractivity contribution in [3.63, 3.8) is 0 Å². The molecule has 0 unspecified atom stereocenters. The molecule has 4 rings (SSSR count). The number of rotatable bonds is 10. The van der Waals surface area contributed by atoms with Crippen molar-refractivity contribution in [2.24, 2.45) is 0 Å². The molecule has 0 aliphatic rings. The van der Waals surface area contributed by atoms with E-state index in [1.807, 2.05) is 54.9 Å². The molecule has 0 atom stereocenters. The highest BCUT2D eigenvalue weighted by molar-refractivity contribution is 6.02. The molecule has 7 nitrogen and oxygen atoms in total. The molecule has 0 aliphatic heterocycles. The highest BCUT2D eigenvalue weighted by Crippen LogP contribution is 2.23. The molecule has 7 heteroatoms. The van der Waals surface area contributed by atoms with Crippen molar-refractivity contribution in [2.75, 3.05) is 12.4 Å². The van der Waals surface area contributed by atoms with Crippen LogP contribution in [0.3, 0.4) is 0 Å². The summed E-state index contributed by atoms with van der Waals surface area (Å²) in [5.41, 5.74) is 4.62. The summed E-state index contributed by atoms with van der Waals surface area (Å²) in [6, 6.07) is 19.3. The average molecular weight is 474 g/mol. The van der Waals surface area contributed by atoms with Gasteiger partial charge in [-0.05, 0) is 67.8 Å². The predicted octanol–water partition coefficient (Wildman–Crippen LogP) is 5.93. The second-order valence-electron chi connectivity index (χ2n) is 8.46. The number of aromatic nitrogens is 2. The lowest BCUT2D eigenvalue weighted by Gasteiger charge is -2.08. The zero-order chi connectivity index (χ0) is 24.8. The van der Waals surface area contributed by atoms with Crippen molar-refractivity contribution in [2.45, 2.75) is 46.8 Å². The molecular formula is C28H31N3O4. The molecule has 4 aromatic rings. The summed E-state index contributed by atoms with van der Waals surface area (Å²) < 4.78 is 18.7. The maximum Gasteiger partial charge on any atom is 0.291 e. The quantitative estimate of drug-likeness (QED) is 0.309. The molecule has 182 valence electrons. The van der Waals surface area contributed by atoms with Gasteiger partial charge in [-0.15, -0.1) is 0 Å². The van der Waals surface area contributed by atoms with E-state index in [-0.39, 0.29) is 18.3 Å². The minimum absolute atomic E-state index is 0.223. The average Bonchev–Trinajstić information content (AvgIpc) is 3.44. The number of hydrogen-bond donors (Lipinski definition) is 1. The van der Waals surface area contributed by atoms with Crippen LogP contribution in [0.15, 0.2) is 65.1 Å². The summed E-state index contributed by atoms with van der Waals surface area (Å²) >= 11 is 0. The van der Waals surface area contributed by atoms with Crippen LogP contribution in [0.5, 0.6) is 11.5 Å². The number of carbonyl (C=O) groups excluding carboxylic acids is 1. The van der Waals surface area contributed by atoms with Gasteiger partial charge >= 0.3 is 0 Å². The summed E-state index contributed by atoms with van der Waals surface area (Å²) in [5, 5.41) is 7.55. The maximum atomic E-state index is 12.9. The van der Waals surface area contributed by atoms with Crippen LogP contribution in [0.4, 0.5) is 5.69 Å². The first-order valence-corrected chi connectivity index (χ1v) is 11.8. The molecule has 0 radical (unpaired) electrons. The van der Waals surface area contributed by atoms with Gasteiger partial charge in [0.15, 0.2) is 5.76 Å². The minimum atomic E-state index is -0.327. The lowest BCUT2D eigenvalue weighted by atomic mass is 10.1. The Kier molecular flexibility index (Phi) is 7.55. The van der Waals surface area contributed by atoms with E-state index in [0.29, 0.717) is 18.0 Å². The Labute approximate surface area is 205 Å². The third kappa shape index (κ3) is 5.93. The molecular weight excluding hydrogens is 442 g/mol. The molecule has 2 aromatic carbocycles. The highest BCUT2D eigenvalue weighted by Gasteiger charge is 2.18. The number of anilines is 1. The van der Waals surface area contributed by atoms with E-state index in [1.165, 1.54) is 5.56 Å². The highest BCUT2D eigenvalue weighted by atomic mass is 16.5. The number of ether oxygens (including phenoxy) is 2. The SMILES string of the molecule is CCCc1ccc(OCc2ccc(C(=O)Nc3c(C)nn(Cc4cccc(OC)c4)c3C)o2)cc1. The molecule has 1 amide bonds. The van der Waals surface area contributed by atoms with Gasteiger partial charge in [-0.1, -0.05) is 37.6 Å². The van der Waals surface area contributed by atoms with Crippen LogP contribution in [-0.4, -0.2) is 22.8 Å². The fraction of sp³-hybridized carbons (Fsp3) is 0.286. The minimum Gasteiger partial charge on any atom is -0.497 e. The van der Waals surface area contributed by atoms with Crippen molar-refractivity contribution >= 4 is 11.6 Å². The number of aryl methyl sites for hydroxylation is 2. The van der Waals surface area contributed by atoms with Crippen LogP contribution in [0.2, 0.25) is 0 Å². The van der Waals surface area contributed by atoms with Crippen LogP contribution >= 0.6 is 0 Å². The zero-order valence-corrected chi connectivity index (χ0v) is 20.6. The standard InChI is InChI=1S/C28H31N3O4/c1-5-7-21-10-12-23(13-11-21)34-18-25-14-15-26(35-25)28(32)29-27-19(2)30-31(20(27)3)17-22-8-6-9-24(16-22)33-4/h6,8-16H,5,7,17-18H2,1-4H3,(H,29,32). The van der Waals surface area contributed by atoms with Gasteiger partial charge in [0.1, 0.15) is 23.9 Å². The van der Waals surface area contributed by atoms with Gasteiger partial charge < -0.3 is 19.2 Å². The summed E-state index contributed by atoms with van der Waals surface area (Å²) in [6.07, 6.45) is 2.16. The Morgan fingerprint density at radius 1 is 1.03 bits per heavy atom. The monoisotopic (exact) mass is 473 g/mol. The Bertz CT molecular complexity index is 1290. The largest absolute Gasteiger partial charge is 0.497 e. The summed E-state index contributed by atoms with van der Waals surface area (Å²) in [5.74, 6) is 2.04. The molecule has 0 spiro atoms. The Morgan fingerprint density at radius 2 is 1.83 bits per heavy atom. The molecule has 0 bridgehead atoms. The van der Waals surface area contributed by atoms with E-state index in [9.17, 15) is 4.79 Å². The van der Waals surface area contributed by atoms with Gasteiger partial charge in [-0.25, -0.2) is 0 Å². The maximum absolute atomic E-state index is 12.9. The lowest BCUT2D eigenvalue weighted by molar-refractivity contribution is 0.0992. The van der Waals surface area contributed by atoms with E-state index in [1.54, 1.807) is 19.2 Å². The molecule has 0 aliphatic carbocycles. The first kappa shape index (κ1) is 24.1. The van der Waals surface area contributed by atoms with Crippen molar-refractivity contribution in [1.82, 2.24) is 9.78 Å². The molecule has 2 heterocycles. The topological polar surface area (TPSA) is 78.5 Å². The third-order valence-electron chi connectivity index (χ3n) is 5.82. The van der Waals surface area contributed by atoms with E-state index in [2.05, 4.69) is 29.5 Å². The lowest BCUT2D eigenvalue weighted by Crippen LogP contribution is -2.12. The molecule has 0 fully saturated rings. The number of amides is 1.